The molecule has 0 amide bonds. The molecule has 0 aliphatic rings. The van der Waals surface area contributed by atoms with Crippen molar-refractivity contribution < 1.29 is 9.31 Å². The molecular formula is C15H14BNO2S. The predicted octanol–water partition coefficient (Wildman–Crippen LogP) is 2.95. The number of fused-ring (bicyclic) bond motifs is 1. The van der Waals surface area contributed by atoms with Crippen LogP contribution in [0.2, 0.25) is 0 Å². The van der Waals surface area contributed by atoms with Crippen molar-refractivity contribution in [2.24, 2.45) is 0 Å². The summed E-state index contributed by atoms with van der Waals surface area (Å²) in [6, 6.07) is 16.3. The summed E-state index contributed by atoms with van der Waals surface area (Å²) in [6.45, 7) is 0. The average Bonchev–Trinajstić information content (AvgIpc) is 2.93. The number of rotatable bonds is 4. The predicted molar refractivity (Wildman–Crippen MR) is 84.5 cm³/mol. The van der Waals surface area contributed by atoms with Crippen LogP contribution >= 0.6 is 11.3 Å². The Labute approximate surface area is 122 Å². The summed E-state index contributed by atoms with van der Waals surface area (Å²) in [5.41, 5.74) is 3.10. The van der Waals surface area contributed by atoms with E-state index < -0.39 is 0 Å². The van der Waals surface area contributed by atoms with Gasteiger partial charge in [0.2, 0.25) is 0 Å². The number of hydrogen-bond acceptors (Lipinski definition) is 4. The first-order valence-corrected chi connectivity index (χ1v) is 7.15. The van der Waals surface area contributed by atoms with Gasteiger partial charge in [-0.15, -0.1) is 11.3 Å². The number of nitrogens with zero attached hydrogens (tertiary/aromatic N) is 1. The highest BCUT2D eigenvalue weighted by Gasteiger charge is 2.19. The van der Waals surface area contributed by atoms with Gasteiger partial charge in [0.15, 0.2) is 0 Å². The molecule has 0 unspecified atom stereocenters. The van der Waals surface area contributed by atoms with Crippen LogP contribution in [0.15, 0.2) is 48.5 Å². The van der Waals surface area contributed by atoms with Crippen LogP contribution in [0.5, 0.6) is 0 Å². The molecule has 0 saturated carbocycles. The van der Waals surface area contributed by atoms with Gasteiger partial charge in [0, 0.05) is 19.8 Å². The molecule has 3 rings (SSSR count). The van der Waals surface area contributed by atoms with Gasteiger partial charge in [-0.1, -0.05) is 36.4 Å². The van der Waals surface area contributed by atoms with Crippen LogP contribution in [-0.2, 0) is 9.31 Å². The van der Waals surface area contributed by atoms with Crippen molar-refractivity contribution in [2.45, 2.75) is 0 Å². The van der Waals surface area contributed by atoms with Crippen molar-refractivity contribution in [2.75, 3.05) is 14.2 Å². The van der Waals surface area contributed by atoms with Gasteiger partial charge in [-0.3, -0.25) is 0 Å². The normalized spacial score (nSPS) is 10.9. The third-order valence-corrected chi connectivity index (χ3v) is 4.22. The molecular weight excluding hydrogens is 269 g/mol. The summed E-state index contributed by atoms with van der Waals surface area (Å²) < 4.78 is 11.7. The van der Waals surface area contributed by atoms with Gasteiger partial charge in [0.25, 0.3) is 0 Å². The monoisotopic (exact) mass is 283 g/mol. The summed E-state index contributed by atoms with van der Waals surface area (Å²) >= 11 is 1.69. The van der Waals surface area contributed by atoms with E-state index in [2.05, 4.69) is 18.2 Å². The Morgan fingerprint density at radius 3 is 2.45 bits per heavy atom. The van der Waals surface area contributed by atoms with Gasteiger partial charge in [0.05, 0.1) is 10.2 Å². The molecule has 0 aliphatic carbocycles. The lowest BCUT2D eigenvalue weighted by Crippen LogP contribution is -2.34. The Balaban J connectivity index is 2.04. The lowest BCUT2D eigenvalue weighted by Gasteiger charge is -2.07. The van der Waals surface area contributed by atoms with Gasteiger partial charge < -0.3 is 9.31 Å². The second-order valence-corrected chi connectivity index (χ2v) is 5.45. The molecule has 0 aliphatic heterocycles. The van der Waals surface area contributed by atoms with Crippen molar-refractivity contribution in [3.05, 3.63) is 48.5 Å². The van der Waals surface area contributed by atoms with Crippen LogP contribution < -0.4 is 5.46 Å². The molecule has 1 heterocycles. The standard InChI is InChI=1S/C15H14BNO2S/c1-18-16(19-2)12-8-9-14-13(10-12)17-15(20-14)11-6-4-3-5-7-11/h3-10H,1-2H3. The average molecular weight is 283 g/mol. The SMILES string of the molecule is COB(OC)c1ccc2sc(-c3ccccc3)nc2c1. The fourth-order valence-electron chi connectivity index (χ4n) is 2.16. The van der Waals surface area contributed by atoms with E-state index in [1.165, 1.54) is 4.70 Å². The molecule has 100 valence electrons. The highest BCUT2D eigenvalue weighted by Crippen LogP contribution is 2.29. The molecule has 2 aromatic carbocycles. The minimum atomic E-state index is -0.346. The van der Waals surface area contributed by atoms with E-state index in [0.29, 0.717) is 0 Å². The van der Waals surface area contributed by atoms with Crippen molar-refractivity contribution in [3.63, 3.8) is 0 Å². The topological polar surface area (TPSA) is 31.4 Å². The summed E-state index contributed by atoms with van der Waals surface area (Å²) in [5, 5.41) is 1.03. The van der Waals surface area contributed by atoms with Crippen LogP contribution in [0, 0.1) is 0 Å². The molecule has 3 nitrogen and oxygen atoms in total. The van der Waals surface area contributed by atoms with Crippen LogP contribution in [0.25, 0.3) is 20.8 Å². The first kappa shape index (κ1) is 13.3. The Morgan fingerprint density at radius 1 is 1.00 bits per heavy atom. The minimum Gasteiger partial charge on any atom is -0.410 e. The lowest BCUT2D eigenvalue weighted by molar-refractivity contribution is 0.292. The van der Waals surface area contributed by atoms with Crippen molar-refractivity contribution in [1.29, 1.82) is 0 Å². The van der Waals surface area contributed by atoms with Crippen molar-refractivity contribution in [3.8, 4) is 10.6 Å². The van der Waals surface area contributed by atoms with Gasteiger partial charge in [-0.05, 0) is 17.6 Å². The first-order valence-electron chi connectivity index (χ1n) is 6.33. The fourth-order valence-corrected chi connectivity index (χ4v) is 3.12. The largest absolute Gasteiger partial charge is 0.493 e. The summed E-state index contributed by atoms with van der Waals surface area (Å²) in [5.74, 6) is 0. The molecule has 0 spiro atoms. The molecule has 0 N–H and O–H groups in total. The van der Waals surface area contributed by atoms with Gasteiger partial charge >= 0.3 is 7.12 Å². The lowest BCUT2D eigenvalue weighted by atomic mass is 9.79. The van der Waals surface area contributed by atoms with E-state index in [1.54, 1.807) is 25.6 Å². The fraction of sp³-hybridized carbons (Fsp3) is 0.133. The Kier molecular flexibility index (Phi) is 3.82. The molecule has 0 bridgehead atoms. The van der Waals surface area contributed by atoms with Crippen molar-refractivity contribution in [1.82, 2.24) is 4.98 Å². The second-order valence-electron chi connectivity index (χ2n) is 4.42. The highest BCUT2D eigenvalue weighted by atomic mass is 32.1. The van der Waals surface area contributed by atoms with Crippen LogP contribution in [0.4, 0.5) is 0 Å². The molecule has 0 saturated heterocycles. The van der Waals surface area contributed by atoms with Crippen LogP contribution in [0.1, 0.15) is 0 Å². The molecule has 0 atom stereocenters. The van der Waals surface area contributed by atoms with E-state index in [4.69, 9.17) is 14.3 Å². The zero-order valence-corrected chi connectivity index (χ0v) is 12.2. The van der Waals surface area contributed by atoms with E-state index in [0.717, 1.165) is 21.6 Å². The summed E-state index contributed by atoms with van der Waals surface area (Å²) in [6.07, 6.45) is 0. The Hall–Kier alpha value is -1.69. The zero-order chi connectivity index (χ0) is 13.9. The highest BCUT2D eigenvalue weighted by molar-refractivity contribution is 7.21. The summed E-state index contributed by atoms with van der Waals surface area (Å²) in [4.78, 5) is 4.70. The summed E-state index contributed by atoms with van der Waals surface area (Å²) in [7, 11) is 2.92. The number of aromatic nitrogens is 1. The van der Waals surface area contributed by atoms with Gasteiger partial charge in [-0.25, -0.2) is 4.98 Å². The first-order chi connectivity index (χ1) is 9.81. The van der Waals surface area contributed by atoms with Crippen molar-refractivity contribution >= 4 is 34.1 Å². The number of benzene rings is 2. The van der Waals surface area contributed by atoms with Gasteiger partial charge in [-0.2, -0.15) is 0 Å². The number of hydrogen-bond donors (Lipinski definition) is 0. The third kappa shape index (κ3) is 2.48. The molecule has 20 heavy (non-hydrogen) atoms. The maximum atomic E-state index is 5.28. The van der Waals surface area contributed by atoms with E-state index in [1.807, 2.05) is 30.3 Å². The molecule has 3 aromatic rings. The maximum Gasteiger partial charge on any atom is 0.493 e. The smallest absolute Gasteiger partial charge is 0.410 e. The van der Waals surface area contributed by atoms with Crippen LogP contribution in [0.3, 0.4) is 0 Å². The van der Waals surface area contributed by atoms with E-state index in [9.17, 15) is 0 Å². The quantitative estimate of drug-likeness (QED) is 0.690. The van der Waals surface area contributed by atoms with Gasteiger partial charge in [0.1, 0.15) is 5.01 Å². The second kappa shape index (κ2) is 5.75. The Morgan fingerprint density at radius 2 is 1.75 bits per heavy atom. The zero-order valence-electron chi connectivity index (χ0n) is 11.4. The molecule has 0 radical (unpaired) electrons. The maximum absolute atomic E-state index is 5.28. The molecule has 1 aromatic heterocycles. The Bertz CT molecular complexity index is 710. The minimum absolute atomic E-state index is 0.346. The third-order valence-electron chi connectivity index (χ3n) is 3.13. The molecule has 5 heteroatoms. The van der Waals surface area contributed by atoms with Crippen LogP contribution in [-0.4, -0.2) is 26.3 Å². The molecule has 0 fully saturated rings. The number of thiazole rings is 1. The van der Waals surface area contributed by atoms with E-state index >= 15 is 0 Å². The van der Waals surface area contributed by atoms with E-state index in [-0.39, 0.29) is 7.12 Å².